The van der Waals surface area contributed by atoms with Crippen molar-refractivity contribution in [3.63, 3.8) is 0 Å². The molecule has 0 aliphatic carbocycles. The fourth-order valence-electron chi connectivity index (χ4n) is 1.88. The molecule has 100 valence electrons. The molecule has 1 rings (SSSR count). The molecule has 5 nitrogen and oxygen atoms in total. The molecule has 2 unspecified atom stereocenters. The average molecular weight is 244 g/mol. The fraction of sp³-hybridized carbons (Fsp3) is 0.917. The lowest BCUT2D eigenvalue weighted by Gasteiger charge is -2.26. The largest absolute Gasteiger partial charge is 0.385 e. The van der Waals surface area contributed by atoms with Gasteiger partial charge in [0.1, 0.15) is 0 Å². The molecule has 0 bridgehead atoms. The zero-order valence-electron chi connectivity index (χ0n) is 10.8. The number of rotatable bonds is 7. The number of carbonyl (C=O) groups excluding carboxylic acids is 1. The predicted octanol–water partition coefficient (Wildman–Crippen LogP) is 0.296. The number of nitrogens with one attached hydrogen (secondary N) is 2. The number of hydrogen-bond acceptors (Lipinski definition) is 4. The lowest BCUT2D eigenvalue weighted by molar-refractivity contribution is -0.123. The summed E-state index contributed by atoms with van der Waals surface area (Å²) in [7, 11) is 1.66. The summed E-state index contributed by atoms with van der Waals surface area (Å²) in [6.45, 7) is 4.79. The minimum atomic E-state index is -0.163. The van der Waals surface area contributed by atoms with Gasteiger partial charge in [-0.05, 0) is 26.2 Å². The molecule has 1 aliphatic heterocycles. The summed E-state index contributed by atoms with van der Waals surface area (Å²) >= 11 is 0. The third-order valence-electron chi connectivity index (χ3n) is 2.86. The van der Waals surface area contributed by atoms with Crippen LogP contribution >= 0.6 is 0 Å². The van der Waals surface area contributed by atoms with Crippen LogP contribution < -0.4 is 10.6 Å². The van der Waals surface area contributed by atoms with Crippen LogP contribution in [0.15, 0.2) is 0 Å². The van der Waals surface area contributed by atoms with Crippen molar-refractivity contribution in [2.45, 2.75) is 38.3 Å². The molecule has 0 spiro atoms. The molecule has 0 aromatic rings. The summed E-state index contributed by atoms with van der Waals surface area (Å²) in [6, 6.07) is 0.146. The molecule has 1 heterocycles. The molecule has 1 fully saturated rings. The van der Waals surface area contributed by atoms with Gasteiger partial charge in [-0.3, -0.25) is 4.79 Å². The zero-order valence-corrected chi connectivity index (χ0v) is 10.8. The highest BCUT2D eigenvalue weighted by Crippen LogP contribution is 2.06. The minimum Gasteiger partial charge on any atom is -0.385 e. The molecular weight excluding hydrogens is 220 g/mol. The number of ether oxygens (including phenoxy) is 2. The van der Waals surface area contributed by atoms with Gasteiger partial charge >= 0.3 is 0 Å². The van der Waals surface area contributed by atoms with E-state index in [4.69, 9.17) is 9.47 Å². The van der Waals surface area contributed by atoms with E-state index in [1.165, 1.54) is 0 Å². The van der Waals surface area contributed by atoms with Crippen molar-refractivity contribution in [1.82, 2.24) is 10.6 Å². The number of amides is 1. The zero-order chi connectivity index (χ0) is 12.5. The van der Waals surface area contributed by atoms with E-state index in [0.717, 1.165) is 25.9 Å². The Morgan fingerprint density at radius 3 is 3.06 bits per heavy atom. The van der Waals surface area contributed by atoms with Gasteiger partial charge in [0, 0.05) is 32.9 Å². The molecule has 1 aliphatic rings. The van der Waals surface area contributed by atoms with Crippen LogP contribution in [-0.4, -0.2) is 51.5 Å². The Hall–Kier alpha value is -0.650. The molecule has 17 heavy (non-hydrogen) atoms. The van der Waals surface area contributed by atoms with Crippen molar-refractivity contribution in [3.8, 4) is 0 Å². The summed E-state index contributed by atoms with van der Waals surface area (Å²) < 4.78 is 10.3. The molecule has 0 aromatic heterocycles. The van der Waals surface area contributed by atoms with Gasteiger partial charge in [0.25, 0.3) is 0 Å². The lowest BCUT2D eigenvalue weighted by Crippen LogP contribution is -2.49. The van der Waals surface area contributed by atoms with E-state index in [0.29, 0.717) is 25.8 Å². The van der Waals surface area contributed by atoms with Gasteiger partial charge in [-0.25, -0.2) is 0 Å². The standard InChI is InChI=1S/C12H24N2O3/c1-10(12(15)13-6-4-7-16-2)14-11-5-3-8-17-9-11/h10-11,14H,3-9H2,1-2H3,(H,13,15). The lowest BCUT2D eigenvalue weighted by atomic mass is 10.1. The third-order valence-corrected chi connectivity index (χ3v) is 2.86. The number of hydrogen-bond donors (Lipinski definition) is 2. The molecule has 0 saturated carbocycles. The van der Waals surface area contributed by atoms with Crippen LogP contribution in [0.4, 0.5) is 0 Å². The van der Waals surface area contributed by atoms with E-state index >= 15 is 0 Å². The van der Waals surface area contributed by atoms with Gasteiger partial charge in [0.2, 0.25) is 5.91 Å². The second-order valence-electron chi connectivity index (χ2n) is 4.44. The molecule has 1 saturated heterocycles. The summed E-state index contributed by atoms with van der Waals surface area (Å²) in [5.41, 5.74) is 0. The first-order valence-corrected chi connectivity index (χ1v) is 6.34. The van der Waals surface area contributed by atoms with E-state index in [1.54, 1.807) is 7.11 Å². The molecule has 0 aromatic carbocycles. The maximum absolute atomic E-state index is 11.7. The Balaban J connectivity index is 2.12. The van der Waals surface area contributed by atoms with E-state index in [1.807, 2.05) is 6.92 Å². The van der Waals surface area contributed by atoms with Crippen LogP contribution in [0, 0.1) is 0 Å². The molecule has 2 atom stereocenters. The van der Waals surface area contributed by atoms with Crippen molar-refractivity contribution in [2.75, 3.05) is 33.5 Å². The highest BCUT2D eigenvalue weighted by Gasteiger charge is 2.19. The van der Waals surface area contributed by atoms with Crippen LogP contribution in [0.2, 0.25) is 0 Å². The maximum atomic E-state index is 11.7. The SMILES string of the molecule is COCCCNC(=O)C(C)NC1CCCOC1. The normalized spacial score (nSPS) is 22.1. The van der Waals surface area contributed by atoms with Crippen LogP contribution in [0.1, 0.15) is 26.2 Å². The monoisotopic (exact) mass is 244 g/mol. The second kappa shape index (κ2) is 8.44. The van der Waals surface area contributed by atoms with Crippen molar-refractivity contribution in [1.29, 1.82) is 0 Å². The first-order chi connectivity index (χ1) is 8.24. The summed E-state index contributed by atoms with van der Waals surface area (Å²) in [5, 5.41) is 6.18. The highest BCUT2D eigenvalue weighted by atomic mass is 16.5. The number of methoxy groups -OCH3 is 1. The number of carbonyl (C=O) groups is 1. The van der Waals surface area contributed by atoms with E-state index in [2.05, 4.69) is 10.6 Å². The van der Waals surface area contributed by atoms with E-state index in [9.17, 15) is 4.79 Å². The fourth-order valence-corrected chi connectivity index (χ4v) is 1.88. The van der Waals surface area contributed by atoms with E-state index in [-0.39, 0.29) is 11.9 Å². The smallest absolute Gasteiger partial charge is 0.236 e. The Kier molecular flexibility index (Phi) is 7.16. The van der Waals surface area contributed by atoms with Crippen LogP contribution in [-0.2, 0) is 14.3 Å². The first kappa shape index (κ1) is 14.4. The van der Waals surface area contributed by atoms with Crippen molar-refractivity contribution < 1.29 is 14.3 Å². The summed E-state index contributed by atoms with van der Waals surface area (Å²) in [5.74, 6) is 0.0478. The Morgan fingerprint density at radius 2 is 2.41 bits per heavy atom. The van der Waals surface area contributed by atoms with E-state index < -0.39 is 0 Å². The van der Waals surface area contributed by atoms with Gasteiger partial charge < -0.3 is 20.1 Å². The minimum absolute atomic E-state index is 0.0478. The Bertz CT molecular complexity index is 218. The molecule has 2 N–H and O–H groups in total. The predicted molar refractivity (Wildman–Crippen MR) is 65.9 cm³/mol. The average Bonchev–Trinajstić information content (AvgIpc) is 2.35. The van der Waals surface area contributed by atoms with Gasteiger partial charge in [-0.15, -0.1) is 0 Å². The molecule has 1 amide bonds. The second-order valence-corrected chi connectivity index (χ2v) is 4.44. The molecular formula is C12H24N2O3. The molecule has 5 heteroatoms. The van der Waals surface area contributed by atoms with Gasteiger partial charge in [0.05, 0.1) is 12.6 Å². The van der Waals surface area contributed by atoms with Crippen LogP contribution in [0.25, 0.3) is 0 Å². The summed E-state index contributed by atoms with van der Waals surface area (Å²) in [4.78, 5) is 11.7. The van der Waals surface area contributed by atoms with Gasteiger partial charge in [-0.1, -0.05) is 0 Å². The van der Waals surface area contributed by atoms with Crippen LogP contribution in [0.3, 0.4) is 0 Å². The van der Waals surface area contributed by atoms with Crippen molar-refractivity contribution in [2.24, 2.45) is 0 Å². The Morgan fingerprint density at radius 1 is 1.59 bits per heavy atom. The molecule has 0 radical (unpaired) electrons. The first-order valence-electron chi connectivity index (χ1n) is 6.34. The topological polar surface area (TPSA) is 59.6 Å². The van der Waals surface area contributed by atoms with Gasteiger partial charge in [0.15, 0.2) is 0 Å². The highest BCUT2D eigenvalue weighted by molar-refractivity contribution is 5.81. The third kappa shape index (κ3) is 6.00. The maximum Gasteiger partial charge on any atom is 0.236 e. The van der Waals surface area contributed by atoms with Gasteiger partial charge in [-0.2, -0.15) is 0 Å². The Labute approximate surface area is 103 Å². The van der Waals surface area contributed by atoms with Crippen molar-refractivity contribution in [3.05, 3.63) is 0 Å². The summed E-state index contributed by atoms with van der Waals surface area (Å²) in [6.07, 6.45) is 3.00. The van der Waals surface area contributed by atoms with Crippen molar-refractivity contribution >= 4 is 5.91 Å². The quantitative estimate of drug-likeness (QED) is 0.632. The van der Waals surface area contributed by atoms with Crippen LogP contribution in [0.5, 0.6) is 0 Å².